The number of hydrogen-bond donors (Lipinski definition) is 2. The third-order valence-electron chi connectivity index (χ3n) is 5.88. The number of para-hydroxylation sites is 1. The van der Waals surface area contributed by atoms with Gasteiger partial charge in [-0.1, -0.05) is 18.2 Å². The summed E-state index contributed by atoms with van der Waals surface area (Å²) >= 11 is 0. The van der Waals surface area contributed by atoms with Crippen LogP contribution in [0.5, 0.6) is 0 Å². The first-order chi connectivity index (χ1) is 12.6. The number of amides is 1. The molecule has 1 aromatic carbocycles. The van der Waals surface area contributed by atoms with E-state index in [-0.39, 0.29) is 11.3 Å². The number of aromatic amines is 1. The highest BCUT2D eigenvalue weighted by Gasteiger charge is 2.44. The Bertz CT molecular complexity index is 973. The lowest BCUT2D eigenvalue weighted by atomic mass is 9.77. The zero-order valence-corrected chi connectivity index (χ0v) is 14.5. The number of fused-ring (bicyclic) bond motifs is 3. The molecule has 2 aliphatic rings. The Morgan fingerprint density at radius 2 is 2.15 bits per heavy atom. The quantitative estimate of drug-likeness (QED) is 0.708. The number of nitrogens with two attached hydrogens (primary N) is 1. The third kappa shape index (κ3) is 2.29. The molecule has 1 fully saturated rings. The van der Waals surface area contributed by atoms with Gasteiger partial charge in [-0.15, -0.1) is 0 Å². The van der Waals surface area contributed by atoms with Crippen molar-refractivity contribution in [1.82, 2.24) is 19.9 Å². The Hall–Kier alpha value is -2.89. The number of nitrogen functional groups attached to an aromatic ring is 1. The first-order valence-corrected chi connectivity index (χ1v) is 9.14. The fourth-order valence-electron chi connectivity index (χ4n) is 4.62. The molecule has 132 valence electrons. The molecule has 3 heterocycles. The van der Waals surface area contributed by atoms with E-state index in [0.717, 1.165) is 48.8 Å². The predicted octanol–water partition coefficient (Wildman–Crippen LogP) is 2.66. The molecular weight excluding hydrogens is 326 g/mol. The van der Waals surface area contributed by atoms with E-state index in [1.807, 2.05) is 41.4 Å². The van der Waals surface area contributed by atoms with Gasteiger partial charge >= 0.3 is 0 Å². The maximum atomic E-state index is 13.1. The maximum Gasteiger partial charge on any atom is 0.270 e. The third-order valence-corrected chi connectivity index (χ3v) is 5.88. The molecule has 0 bridgehead atoms. The SMILES string of the molecule is Nc1ncc2c(n1)C1(CCCN(C(=O)c3cc4ccccc4[nH]3)C1)CC2. The van der Waals surface area contributed by atoms with Crippen molar-refractivity contribution in [3.8, 4) is 0 Å². The Kier molecular flexibility index (Phi) is 3.29. The van der Waals surface area contributed by atoms with Crippen molar-refractivity contribution in [2.75, 3.05) is 18.8 Å². The molecule has 1 amide bonds. The summed E-state index contributed by atoms with van der Waals surface area (Å²) in [7, 11) is 0. The topological polar surface area (TPSA) is 87.9 Å². The summed E-state index contributed by atoms with van der Waals surface area (Å²) in [5.74, 6) is 0.389. The number of hydrogen-bond acceptors (Lipinski definition) is 4. The van der Waals surface area contributed by atoms with Gasteiger partial charge in [0.25, 0.3) is 5.91 Å². The van der Waals surface area contributed by atoms with E-state index in [1.54, 1.807) is 0 Å². The number of nitrogens with zero attached hydrogens (tertiary/aromatic N) is 3. The van der Waals surface area contributed by atoms with Crippen LogP contribution in [0, 0.1) is 0 Å². The van der Waals surface area contributed by atoms with Crippen LogP contribution in [0.2, 0.25) is 0 Å². The van der Waals surface area contributed by atoms with Gasteiger partial charge in [-0.3, -0.25) is 4.79 Å². The van der Waals surface area contributed by atoms with Crippen molar-refractivity contribution >= 4 is 22.8 Å². The lowest BCUT2D eigenvalue weighted by molar-refractivity contribution is 0.0628. The molecule has 1 atom stereocenters. The number of likely N-dealkylation sites (tertiary alicyclic amines) is 1. The minimum atomic E-state index is -0.0771. The average Bonchev–Trinajstić information content (AvgIpc) is 3.24. The Labute approximate surface area is 151 Å². The molecule has 1 aliphatic carbocycles. The zero-order valence-electron chi connectivity index (χ0n) is 14.5. The van der Waals surface area contributed by atoms with Crippen LogP contribution >= 0.6 is 0 Å². The lowest BCUT2D eigenvalue weighted by Gasteiger charge is -2.40. The van der Waals surface area contributed by atoms with Crippen molar-refractivity contribution < 1.29 is 4.79 Å². The summed E-state index contributed by atoms with van der Waals surface area (Å²) in [5, 5.41) is 1.06. The fourth-order valence-corrected chi connectivity index (χ4v) is 4.62. The van der Waals surface area contributed by atoms with Crippen LogP contribution in [-0.2, 0) is 11.8 Å². The highest BCUT2D eigenvalue weighted by atomic mass is 16.2. The summed E-state index contributed by atoms with van der Waals surface area (Å²) < 4.78 is 0. The first kappa shape index (κ1) is 15.4. The van der Waals surface area contributed by atoms with Crippen LogP contribution in [0.15, 0.2) is 36.5 Å². The number of rotatable bonds is 1. The predicted molar refractivity (Wildman–Crippen MR) is 99.9 cm³/mol. The fraction of sp³-hybridized carbons (Fsp3) is 0.350. The van der Waals surface area contributed by atoms with Crippen molar-refractivity contribution in [2.24, 2.45) is 0 Å². The number of aromatic nitrogens is 3. The van der Waals surface area contributed by atoms with Gasteiger partial charge in [0.05, 0.1) is 5.69 Å². The van der Waals surface area contributed by atoms with Gasteiger partial charge < -0.3 is 15.6 Å². The molecule has 3 aromatic rings. The van der Waals surface area contributed by atoms with Crippen LogP contribution < -0.4 is 5.73 Å². The number of anilines is 1. The lowest BCUT2D eigenvalue weighted by Crippen LogP contribution is -2.48. The van der Waals surface area contributed by atoms with Gasteiger partial charge in [0, 0.05) is 35.6 Å². The van der Waals surface area contributed by atoms with E-state index in [4.69, 9.17) is 5.73 Å². The van der Waals surface area contributed by atoms with Crippen LogP contribution in [0.3, 0.4) is 0 Å². The van der Waals surface area contributed by atoms with Crippen molar-refractivity contribution in [3.63, 3.8) is 0 Å². The number of benzene rings is 1. The molecule has 0 radical (unpaired) electrons. The molecule has 1 saturated heterocycles. The van der Waals surface area contributed by atoms with E-state index in [2.05, 4.69) is 15.0 Å². The number of H-pyrrole nitrogens is 1. The molecule has 3 N–H and O–H groups in total. The van der Waals surface area contributed by atoms with E-state index in [9.17, 15) is 4.79 Å². The summed E-state index contributed by atoms with van der Waals surface area (Å²) in [6.07, 6.45) is 5.86. The van der Waals surface area contributed by atoms with Gasteiger partial charge in [-0.25, -0.2) is 9.97 Å². The normalized spacial score (nSPS) is 22.1. The second kappa shape index (κ2) is 5.56. The molecule has 6 heteroatoms. The second-order valence-electron chi connectivity index (χ2n) is 7.48. The van der Waals surface area contributed by atoms with Crippen LogP contribution in [0.1, 0.15) is 41.0 Å². The number of piperidine rings is 1. The number of nitrogens with one attached hydrogen (secondary N) is 1. The maximum absolute atomic E-state index is 13.1. The largest absolute Gasteiger partial charge is 0.368 e. The molecule has 0 saturated carbocycles. The van der Waals surface area contributed by atoms with Crippen LogP contribution in [0.4, 0.5) is 5.95 Å². The highest BCUT2D eigenvalue weighted by molar-refractivity contribution is 5.98. The molecule has 5 rings (SSSR count). The number of carbonyl (C=O) groups is 1. The molecule has 6 nitrogen and oxygen atoms in total. The summed E-state index contributed by atoms with van der Waals surface area (Å²) in [4.78, 5) is 27.1. The van der Waals surface area contributed by atoms with E-state index in [0.29, 0.717) is 18.2 Å². The molecule has 1 unspecified atom stereocenters. The Morgan fingerprint density at radius 3 is 3.04 bits per heavy atom. The van der Waals surface area contributed by atoms with E-state index in [1.165, 1.54) is 5.56 Å². The monoisotopic (exact) mass is 347 g/mol. The van der Waals surface area contributed by atoms with Gasteiger partial charge in [-0.2, -0.15) is 0 Å². The Balaban J connectivity index is 1.46. The molecule has 26 heavy (non-hydrogen) atoms. The first-order valence-electron chi connectivity index (χ1n) is 9.14. The molecule has 2 aromatic heterocycles. The zero-order chi connectivity index (χ0) is 17.7. The van der Waals surface area contributed by atoms with E-state index >= 15 is 0 Å². The molecular formula is C20H21N5O. The standard InChI is InChI=1S/C20H21N5O/c21-19-22-11-14-6-8-20(17(14)24-19)7-3-9-25(12-20)18(26)16-10-13-4-1-2-5-15(13)23-16/h1-2,4-5,10-11,23H,3,6-9,12H2,(H2,21,22,24). The van der Waals surface area contributed by atoms with Gasteiger partial charge in [0.15, 0.2) is 0 Å². The Morgan fingerprint density at radius 1 is 1.27 bits per heavy atom. The van der Waals surface area contributed by atoms with Gasteiger partial charge in [0.2, 0.25) is 5.95 Å². The number of carbonyl (C=O) groups excluding carboxylic acids is 1. The van der Waals surface area contributed by atoms with Crippen LogP contribution in [0.25, 0.3) is 10.9 Å². The minimum Gasteiger partial charge on any atom is -0.368 e. The smallest absolute Gasteiger partial charge is 0.270 e. The minimum absolute atomic E-state index is 0.0655. The van der Waals surface area contributed by atoms with Crippen molar-refractivity contribution in [3.05, 3.63) is 53.5 Å². The van der Waals surface area contributed by atoms with Gasteiger partial charge in [0.1, 0.15) is 5.69 Å². The number of aryl methyl sites for hydroxylation is 1. The molecule has 1 spiro atoms. The van der Waals surface area contributed by atoms with Crippen molar-refractivity contribution in [1.29, 1.82) is 0 Å². The van der Waals surface area contributed by atoms with Crippen LogP contribution in [-0.4, -0.2) is 38.8 Å². The average molecular weight is 347 g/mol. The summed E-state index contributed by atoms with van der Waals surface area (Å²) in [6.45, 7) is 1.48. The highest BCUT2D eigenvalue weighted by Crippen LogP contribution is 2.44. The second-order valence-corrected chi connectivity index (χ2v) is 7.48. The summed E-state index contributed by atoms with van der Waals surface area (Å²) in [6, 6.07) is 9.92. The molecule has 1 aliphatic heterocycles. The van der Waals surface area contributed by atoms with Crippen molar-refractivity contribution in [2.45, 2.75) is 31.1 Å². The summed E-state index contributed by atoms with van der Waals surface area (Å²) in [5.41, 5.74) is 9.65. The van der Waals surface area contributed by atoms with Gasteiger partial charge in [-0.05, 0) is 43.4 Å². The van der Waals surface area contributed by atoms with E-state index < -0.39 is 0 Å².